The number of hydrogen-bond acceptors (Lipinski definition) is 3. The van der Waals surface area contributed by atoms with Crippen LogP contribution in [0.3, 0.4) is 0 Å². The van der Waals surface area contributed by atoms with E-state index in [0.717, 1.165) is 0 Å². The van der Waals surface area contributed by atoms with E-state index in [9.17, 15) is 9.59 Å². The van der Waals surface area contributed by atoms with Gasteiger partial charge in [0.05, 0.1) is 11.8 Å². The minimum absolute atomic E-state index is 0.138. The highest BCUT2D eigenvalue weighted by molar-refractivity contribution is 5.97. The molecule has 1 heterocycles. The fourth-order valence-electron chi connectivity index (χ4n) is 3.76. The maximum Gasteiger partial charge on any atom is 0.318 e. The summed E-state index contributed by atoms with van der Waals surface area (Å²) in [6, 6.07) is 0. The third-order valence-electron chi connectivity index (χ3n) is 4.40. The van der Waals surface area contributed by atoms with E-state index in [2.05, 4.69) is 12.2 Å². The number of carbonyl (C=O) groups excluding carboxylic acids is 2. The van der Waals surface area contributed by atoms with Gasteiger partial charge < -0.3 is 4.74 Å². The first-order chi connectivity index (χ1) is 6.77. The van der Waals surface area contributed by atoms with Crippen LogP contribution in [0.4, 0.5) is 0 Å². The Bertz CT molecular complexity index is 350. The van der Waals surface area contributed by atoms with Gasteiger partial charge in [0.1, 0.15) is 0 Å². The summed E-state index contributed by atoms with van der Waals surface area (Å²) in [7, 11) is 0. The van der Waals surface area contributed by atoms with Gasteiger partial charge in [-0.05, 0) is 30.1 Å². The highest BCUT2D eigenvalue weighted by atomic mass is 16.6. The molecule has 4 aliphatic carbocycles. The summed E-state index contributed by atoms with van der Waals surface area (Å²) in [5, 5.41) is 0. The van der Waals surface area contributed by atoms with Gasteiger partial charge in [-0.1, -0.05) is 12.2 Å². The van der Waals surface area contributed by atoms with E-state index in [-0.39, 0.29) is 23.8 Å². The fraction of sp³-hybridized carbons (Fsp3) is 0.636. The van der Waals surface area contributed by atoms with Crippen molar-refractivity contribution < 1.29 is 14.3 Å². The number of esters is 2. The van der Waals surface area contributed by atoms with Gasteiger partial charge in [0, 0.05) is 0 Å². The summed E-state index contributed by atoms with van der Waals surface area (Å²) in [6.45, 7) is 0. The molecule has 0 radical (unpaired) electrons. The van der Waals surface area contributed by atoms with Crippen molar-refractivity contribution in [2.75, 3.05) is 0 Å². The van der Waals surface area contributed by atoms with Crippen LogP contribution in [-0.4, -0.2) is 11.9 Å². The monoisotopic (exact) mass is 190 g/mol. The van der Waals surface area contributed by atoms with E-state index in [1.807, 2.05) is 0 Å². The number of carbonyl (C=O) groups is 2. The molecule has 0 spiro atoms. The second kappa shape index (κ2) is 1.95. The molecular weight excluding hydrogens is 180 g/mol. The summed E-state index contributed by atoms with van der Waals surface area (Å²) < 4.78 is 4.74. The molecule has 6 atom stereocenters. The van der Waals surface area contributed by atoms with Gasteiger partial charge in [-0.3, -0.25) is 9.59 Å². The zero-order valence-electron chi connectivity index (χ0n) is 7.55. The van der Waals surface area contributed by atoms with Gasteiger partial charge >= 0.3 is 11.9 Å². The summed E-state index contributed by atoms with van der Waals surface area (Å²) >= 11 is 0. The number of cyclic esters (lactones) is 2. The van der Waals surface area contributed by atoms with Gasteiger partial charge in [-0.2, -0.15) is 0 Å². The number of allylic oxidation sites excluding steroid dienone is 2. The first-order valence-electron chi connectivity index (χ1n) is 5.21. The number of rotatable bonds is 0. The smallest absolute Gasteiger partial charge is 0.318 e. The molecule has 72 valence electrons. The predicted molar refractivity (Wildman–Crippen MR) is 45.8 cm³/mol. The minimum atomic E-state index is -0.273. The maximum absolute atomic E-state index is 11.5. The van der Waals surface area contributed by atoms with Crippen LogP contribution < -0.4 is 0 Å². The van der Waals surface area contributed by atoms with Gasteiger partial charge in [0.2, 0.25) is 0 Å². The Balaban J connectivity index is 1.88. The fourth-order valence-corrected chi connectivity index (χ4v) is 3.76. The summed E-state index contributed by atoms with van der Waals surface area (Å²) in [4.78, 5) is 23.0. The lowest BCUT2D eigenvalue weighted by molar-refractivity contribution is -0.154. The number of hydrogen-bond donors (Lipinski definition) is 0. The van der Waals surface area contributed by atoms with E-state index < -0.39 is 0 Å². The highest BCUT2D eigenvalue weighted by Crippen LogP contribution is 2.65. The molecule has 0 aromatic carbocycles. The Labute approximate surface area is 81.1 Å². The quantitative estimate of drug-likeness (QED) is 0.321. The van der Waals surface area contributed by atoms with Crippen LogP contribution in [0.15, 0.2) is 12.2 Å². The molecular formula is C11H10O3. The zero-order chi connectivity index (χ0) is 9.45. The molecule has 1 aliphatic heterocycles. The van der Waals surface area contributed by atoms with E-state index in [4.69, 9.17) is 4.74 Å². The second-order valence-electron chi connectivity index (χ2n) is 4.89. The Morgan fingerprint density at radius 3 is 2.00 bits per heavy atom. The van der Waals surface area contributed by atoms with Crippen molar-refractivity contribution in [1.82, 2.24) is 0 Å². The second-order valence-corrected chi connectivity index (χ2v) is 4.89. The lowest BCUT2D eigenvalue weighted by atomic mass is 9.63. The standard InChI is InChI=1S/C11H10O3/c12-10-8-4-1-2-5(7-3-6(4)7)9(8)11(13)14-10/h1-2,4-9H,3H2/t4-,5+,6+,7-,8-,9-/m0/s1. The molecule has 5 rings (SSSR count). The van der Waals surface area contributed by atoms with Gasteiger partial charge in [-0.25, -0.2) is 0 Å². The van der Waals surface area contributed by atoms with E-state index in [0.29, 0.717) is 23.7 Å². The average molecular weight is 190 g/mol. The Hall–Kier alpha value is -1.12. The summed E-state index contributed by atoms with van der Waals surface area (Å²) in [5.74, 6) is 1.12. The third-order valence-corrected chi connectivity index (χ3v) is 4.40. The molecule has 2 bridgehead atoms. The Kier molecular flexibility index (Phi) is 1.00. The molecule has 3 heteroatoms. The van der Waals surface area contributed by atoms with Gasteiger partial charge in [0.25, 0.3) is 0 Å². The first-order valence-corrected chi connectivity index (χ1v) is 5.21. The van der Waals surface area contributed by atoms with Crippen molar-refractivity contribution >= 4 is 11.9 Å². The van der Waals surface area contributed by atoms with Crippen LogP contribution in [0.1, 0.15) is 6.42 Å². The van der Waals surface area contributed by atoms with Crippen molar-refractivity contribution in [3.63, 3.8) is 0 Å². The molecule has 0 unspecified atom stereocenters. The van der Waals surface area contributed by atoms with Crippen LogP contribution in [0.5, 0.6) is 0 Å². The first kappa shape index (κ1) is 7.21. The lowest BCUT2D eigenvalue weighted by Gasteiger charge is -2.36. The molecule has 3 nitrogen and oxygen atoms in total. The van der Waals surface area contributed by atoms with Crippen molar-refractivity contribution in [2.24, 2.45) is 35.5 Å². The lowest BCUT2D eigenvalue weighted by Crippen LogP contribution is -2.40. The van der Waals surface area contributed by atoms with Crippen LogP contribution in [-0.2, 0) is 14.3 Å². The molecule has 14 heavy (non-hydrogen) atoms. The van der Waals surface area contributed by atoms with Crippen LogP contribution in [0.2, 0.25) is 0 Å². The highest BCUT2D eigenvalue weighted by Gasteiger charge is 2.66. The van der Waals surface area contributed by atoms with Gasteiger partial charge in [-0.15, -0.1) is 0 Å². The van der Waals surface area contributed by atoms with Crippen LogP contribution >= 0.6 is 0 Å². The molecule has 0 aromatic heterocycles. The van der Waals surface area contributed by atoms with Crippen molar-refractivity contribution in [3.8, 4) is 0 Å². The molecule has 0 aromatic rings. The molecule has 5 aliphatic rings. The van der Waals surface area contributed by atoms with E-state index >= 15 is 0 Å². The summed E-state index contributed by atoms with van der Waals surface area (Å²) in [5.41, 5.74) is 0. The molecule has 3 fully saturated rings. The van der Waals surface area contributed by atoms with Crippen molar-refractivity contribution in [2.45, 2.75) is 6.42 Å². The number of ether oxygens (including phenoxy) is 1. The zero-order valence-corrected chi connectivity index (χ0v) is 7.55. The SMILES string of the molecule is O=C1OC(=O)[C@H]2[C@H]3C=C[C@H]([C@@H]4C[C@H]34)[C@H]12. The van der Waals surface area contributed by atoms with Crippen molar-refractivity contribution in [1.29, 1.82) is 0 Å². The predicted octanol–water partition coefficient (Wildman–Crippen LogP) is 0.754. The van der Waals surface area contributed by atoms with Gasteiger partial charge in [0.15, 0.2) is 0 Å². The average Bonchev–Trinajstić information content (AvgIpc) is 2.92. The van der Waals surface area contributed by atoms with Crippen molar-refractivity contribution in [3.05, 3.63) is 12.2 Å². The Morgan fingerprint density at radius 2 is 1.50 bits per heavy atom. The van der Waals surface area contributed by atoms with E-state index in [1.54, 1.807) is 0 Å². The molecule has 2 saturated carbocycles. The third kappa shape index (κ3) is 0.606. The van der Waals surface area contributed by atoms with Crippen LogP contribution in [0.25, 0.3) is 0 Å². The minimum Gasteiger partial charge on any atom is -0.393 e. The molecule has 0 amide bonds. The summed E-state index contributed by atoms with van der Waals surface area (Å²) in [6.07, 6.45) is 5.48. The normalized spacial score (nSPS) is 56.9. The maximum atomic E-state index is 11.5. The largest absolute Gasteiger partial charge is 0.393 e. The molecule has 1 saturated heterocycles. The van der Waals surface area contributed by atoms with E-state index in [1.165, 1.54) is 6.42 Å². The molecule has 0 N–H and O–H groups in total. The topological polar surface area (TPSA) is 43.4 Å². The Morgan fingerprint density at radius 1 is 1.00 bits per heavy atom. The van der Waals surface area contributed by atoms with Crippen LogP contribution in [0, 0.1) is 35.5 Å².